The topological polar surface area (TPSA) is 59.1 Å². The van der Waals surface area contributed by atoms with Crippen molar-refractivity contribution in [3.63, 3.8) is 0 Å². The largest absolute Gasteiger partial charge is 0.466 e. The summed E-state index contributed by atoms with van der Waals surface area (Å²) in [5.74, 6) is -0.277. The Morgan fingerprint density at radius 1 is 0.767 bits per heavy atom. The maximum absolute atomic E-state index is 12.0. The van der Waals surface area contributed by atoms with Crippen LogP contribution < -0.4 is 9.80 Å². The van der Waals surface area contributed by atoms with Crippen LogP contribution in [0.4, 0.5) is 11.4 Å². The predicted molar refractivity (Wildman–Crippen MR) is 176 cm³/mol. The Morgan fingerprint density at radius 3 is 2.00 bits per heavy atom. The second-order valence-electron chi connectivity index (χ2n) is 12.3. The number of fused-ring (bicyclic) bond motifs is 2. The minimum absolute atomic E-state index is 0.0753. The monoisotopic (exact) mass is 584 g/mol. The molecular formula is C37H48N2O4. The van der Waals surface area contributed by atoms with Crippen molar-refractivity contribution in [1.29, 1.82) is 0 Å². The number of carbonyl (C=O) groups excluding carboxylic acids is 2. The Bertz CT molecular complexity index is 1370. The number of benzene rings is 2. The lowest BCUT2D eigenvalue weighted by Gasteiger charge is -2.32. The molecule has 0 N–H and O–H groups in total. The summed E-state index contributed by atoms with van der Waals surface area (Å²) in [5.41, 5.74) is 6.06. The molecule has 2 aliphatic heterocycles. The van der Waals surface area contributed by atoms with E-state index in [4.69, 9.17) is 9.47 Å². The van der Waals surface area contributed by atoms with E-state index < -0.39 is 0 Å². The van der Waals surface area contributed by atoms with Gasteiger partial charge >= 0.3 is 11.9 Å². The van der Waals surface area contributed by atoms with Crippen LogP contribution in [0.25, 0.3) is 0 Å². The average molecular weight is 585 g/mol. The summed E-state index contributed by atoms with van der Waals surface area (Å²) in [7, 11) is 0. The zero-order valence-corrected chi connectivity index (χ0v) is 26.8. The predicted octanol–water partition coefficient (Wildman–Crippen LogP) is 7.63. The van der Waals surface area contributed by atoms with Gasteiger partial charge in [0.1, 0.15) is 0 Å². The molecule has 6 nitrogen and oxygen atoms in total. The van der Waals surface area contributed by atoms with Crippen molar-refractivity contribution in [2.75, 3.05) is 36.1 Å². The van der Waals surface area contributed by atoms with Crippen molar-refractivity contribution in [2.45, 2.75) is 84.1 Å². The van der Waals surface area contributed by atoms with Gasteiger partial charge in [-0.15, -0.1) is 0 Å². The average Bonchev–Trinajstić information content (AvgIpc) is 3.32. The lowest BCUT2D eigenvalue weighted by atomic mass is 9.80. The van der Waals surface area contributed by atoms with Gasteiger partial charge in [0.2, 0.25) is 0 Å². The Balaban J connectivity index is 1.51. The number of rotatable bonds is 13. The molecule has 0 spiro atoms. The molecule has 0 aromatic heterocycles. The van der Waals surface area contributed by atoms with Crippen molar-refractivity contribution < 1.29 is 19.1 Å². The molecule has 0 saturated heterocycles. The third-order valence-corrected chi connectivity index (χ3v) is 8.71. The molecule has 2 aromatic rings. The van der Waals surface area contributed by atoms with Crippen molar-refractivity contribution in [3.8, 4) is 0 Å². The first-order valence-electron chi connectivity index (χ1n) is 15.7. The van der Waals surface area contributed by atoms with E-state index in [1.165, 1.54) is 28.2 Å². The van der Waals surface area contributed by atoms with E-state index in [9.17, 15) is 9.59 Å². The van der Waals surface area contributed by atoms with E-state index in [-0.39, 0.29) is 28.8 Å². The van der Waals surface area contributed by atoms with Gasteiger partial charge in [0, 0.05) is 53.8 Å². The Kier molecular flexibility index (Phi) is 10.5. The summed E-state index contributed by atoms with van der Waals surface area (Å²) in [6.45, 7) is 15.2. The summed E-state index contributed by atoms with van der Waals surface area (Å²) in [4.78, 5) is 28.7. The van der Waals surface area contributed by atoms with Gasteiger partial charge < -0.3 is 19.3 Å². The first kappa shape index (κ1) is 32.1. The van der Waals surface area contributed by atoms with Crippen molar-refractivity contribution in [2.24, 2.45) is 0 Å². The molecular weight excluding hydrogens is 536 g/mol. The standard InChI is InChI=1S/C37H48N2O4/c1-7-42-34(40)24-16-26-38-30-20-14-12-18-28(30)36(3,4)32(38)22-10-9-11-23-33-37(5,6)29-19-13-15-21-31(29)39(33)27-17-25-35(41)43-8-2/h9-15,18-23,32H,7-8,16-17,24-27H2,1-6H3/b11-9?,22-10+,33-23?. The highest BCUT2D eigenvalue weighted by Crippen LogP contribution is 2.48. The number of allylic oxidation sites excluding steroid dienone is 5. The normalized spacial score (nSPS) is 19.3. The van der Waals surface area contributed by atoms with E-state index in [1.807, 2.05) is 13.8 Å². The van der Waals surface area contributed by atoms with Crippen LogP contribution in [0.3, 0.4) is 0 Å². The molecule has 6 heteroatoms. The maximum atomic E-state index is 12.0. The number of para-hydroxylation sites is 2. The third-order valence-electron chi connectivity index (χ3n) is 8.71. The number of ether oxygens (including phenoxy) is 2. The highest BCUT2D eigenvalue weighted by Gasteiger charge is 2.42. The summed E-state index contributed by atoms with van der Waals surface area (Å²) < 4.78 is 10.3. The first-order valence-corrected chi connectivity index (χ1v) is 15.7. The minimum atomic E-state index is -0.153. The highest BCUT2D eigenvalue weighted by molar-refractivity contribution is 5.72. The molecule has 0 fully saturated rings. The molecule has 2 aliphatic rings. The lowest BCUT2D eigenvalue weighted by Crippen LogP contribution is -2.40. The zero-order valence-electron chi connectivity index (χ0n) is 26.8. The van der Waals surface area contributed by atoms with Gasteiger partial charge in [-0.05, 0) is 56.0 Å². The second-order valence-corrected chi connectivity index (χ2v) is 12.3. The van der Waals surface area contributed by atoms with Gasteiger partial charge in [-0.3, -0.25) is 9.59 Å². The molecule has 43 heavy (non-hydrogen) atoms. The molecule has 0 aliphatic carbocycles. The van der Waals surface area contributed by atoms with Crippen LogP contribution in [0.15, 0.2) is 84.6 Å². The lowest BCUT2D eigenvalue weighted by molar-refractivity contribution is -0.144. The highest BCUT2D eigenvalue weighted by atomic mass is 16.5. The van der Waals surface area contributed by atoms with Gasteiger partial charge in [-0.2, -0.15) is 0 Å². The van der Waals surface area contributed by atoms with Crippen molar-refractivity contribution in [1.82, 2.24) is 0 Å². The molecule has 0 saturated carbocycles. The smallest absolute Gasteiger partial charge is 0.305 e. The number of esters is 2. The molecule has 1 unspecified atom stereocenters. The van der Waals surface area contributed by atoms with E-state index in [0.29, 0.717) is 26.1 Å². The third kappa shape index (κ3) is 7.06. The van der Waals surface area contributed by atoms with Crippen LogP contribution in [0.2, 0.25) is 0 Å². The molecule has 230 valence electrons. The summed E-state index contributed by atoms with van der Waals surface area (Å²) in [6.07, 6.45) is 13.2. The molecule has 4 rings (SSSR count). The summed E-state index contributed by atoms with van der Waals surface area (Å²) >= 11 is 0. The summed E-state index contributed by atoms with van der Waals surface area (Å²) in [5, 5.41) is 0. The first-order chi connectivity index (χ1) is 20.6. The van der Waals surface area contributed by atoms with Gasteiger partial charge in [0.05, 0.1) is 19.3 Å². The Hall–Kier alpha value is -3.80. The fraction of sp³-hybridized carbons (Fsp3) is 0.459. The van der Waals surface area contributed by atoms with Gasteiger partial charge in [0.15, 0.2) is 0 Å². The number of nitrogens with zero attached hydrogens (tertiary/aromatic N) is 2. The van der Waals surface area contributed by atoms with Crippen LogP contribution >= 0.6 is 0 Å². The number of carbonyl (C=O) groups is 2. The fourth-order valence-corrected chi connectivity index (χ4v) is 6.58. The number of hydrogen-bond donors (Lipinski definition) is 0. The van der Waals surface area contributed by atoms with E-state index in [0.717, 1.165) is 25.9 Å². The second kappa shape index (κ2) is 14.1. The van der Waals surface area contributed by atoms with E-state index in [1.54, 1.807) is 0 Å². The van der Waals surface area contributed by atoms with Crippen LogP contribution in [-0.4, -0.2) is 44.3 Å². The number of anilines is 2. The van der Waals surface area contributed by atoms with Gasteiger partial charge in [-0.1, -0.05) is 88.4 Å². The zero-order chi connectivity index (χ0) is 31.0. The summed E-state index contributed by atoms with van der Waals surface area (Å²) in [6, 6.07) is 17.3. The van der Waals surface area contributed by atoms with Crippen molar-refractivity contribution >= 4 is 23.3 Å². The Morgan fingerprint density at radius 2 is 1.35 bits per heavy atom. The molecule has 0 radical (unpaired) electrons. The molecule has 0 bridgehead atoms. The van der Waals surface area contributed by atoms with E-state index in [2.05, 4.69) is 116 Å². The minimum Gasteiger partial charge on any atom is -0.466 e. The van der Waals surface area contributed by atoms with Crippen LogP contribution in [0, 0.1) is 0 Å². The van der Waals surface area contributed by atoms with Crippen LogP contribution in [0.1, 0.15) is 78.4 Å². The maximum Gasteiger partial charge on any atom is 0.305 e. The van der Waals surface area contributed by atoms with Gasteiger partial charge in [-0.25, -0.2) is 0 Å². The van der Waals surface area contributed by atoms with Crippen molar-refractivity contribution in [3.05, 3.63) is 95.7 Å². The molecule has 2 aromatic carbocycles. The SMILES string of the molecule is CCOC(=O)CCCN1C(=CC=C/C=C/C2N(CCCC(=O)OCC)c3ccccc3C2(C)C)C(C)(C)c2ccccc21. The van der Waals surface area contributed by atoms with Gasteiger partial charge in [0.25, 0.3) is 0 Å². The quantitative estimate of drug-likeness (QED) is 0.178. The van der Waals surface area contributed by atoms with Crippen LogP contribution in [-0.2, 0) is 29.9 Å². The molecule has 0 amide bonds. The molecule has 2 heterocycles. The Labute approximate surface area is 258 Å². The van der Waals surface area contributed by atoms with E-state index >= 15 is 0 Å². The number of hydrogen-bond acceptors (Lipinski definition) is 6. The van der Waals surface area contributed by atoms with Crippen LogP contribution in [0.5, 0.6) is 0 Å². The molecule has 1 atom stereocenters. The fourth-order valence-electron chi connectivity index (χ4n) is 6.58.